The molecule has 0 saturated carbocycles. The maximum atomic E-state index is 11.9. The summed E-state index contributed by atoms with van der Waals surface area (Å²) >= 11 is 1.88. The Bertz CT molecular complexity index is 184. The van der Waals surface area contributed by atoms with Crippen LogP contribution in [-0.2, 0) is 4.79 Å². The predicted octanol–water partition coefficient (Wildman–Crippen LogP) is 1.98. The Hall–Kier alpha value is -0.220. The Morgan fingerprint density at radius 2 is 1.94 bits per heavy atom. The van der Waals surface area contributed by atoms with Gasteiger partial charge in [0.1, 0.15) is 0 Å². The van der Waals surface area contributed by atoms with E-state index in [2.05, 4.69) is 11.6 Å². The standard InChI is InChI=1S/C12H26N2OS/c1-5-14(6-2)12(15)11(3)13-9-7-8-10-16-4/h11,13H,5-10H2,1-4H3. The summed E-state index contributed by atoms with van der Waals surface area (Å²) in [5.41, 5.74) is 0. The number of unbranched alkanes of at least 4 members (excludes halogenated alkanes) is 1. The minimum absolute atomic E-state index is 0.0471. The lowest BCUT2D eigenvalue weighted by molar-refractivity contribution is -0.132. The molecule has 0 aliphatic carbocycles. The van der Waals surface area contributed by atoms with Crippen LogP contribution < -0.4 is 5.32 Å². The number of rotatable bonds is 9. The van der Waals surface area contributed by atoms with Crippen molar-refractivity contribution in [1.82, 2.24) is 10.2 Å². The second-order valence-corrected chi connectivity index (χ2v) is 4.87. The Labute approximate surface area is 104 Å². The van der Waals surface area contributed by atoms with Crippen LogP contribution in [-0.4, -0.2) is 48.5 Å². The van der Waals surface area contributed by atoms with Crippen LogP contribution in [0.2, 0.25) is 0 Å². The molecule has 0 spiro atoms. The first-order chi connectivity index (χ1) is 7.67. The van der Waals surface area contributed by atoms with Gasteiger partial charge in [0.25, 0.3) is 0 Å². The highest BCUT2D eigenvalue weighted by atomic mass is 32.2. The number of nitrogens with zero attached hydrogens (tertiary/aromatic N) is 1. The number of carbonyl (C=O) groups excluding carboxylic acids is 1. The highest BCUT2D eigenvalue weighted by molar-refractivity contribution is 7.98. The molecule has 1 unspecified atom stereocenters. The number of nitrogens with one attached hydrogen (secondary N) is 1. The number of likely N-dealkylation sites (N-methyl/N-ethyl adjacent to an activating group) is 1. The van der Waals surface area contributed by atoms with Crippen LogP contribution in [0, 0.1) is 0 Å². The summed E-state index contributed by atoms with van der Waals surface area (Å²) in [5, 5.41) is 3.29. The molecule has 1 amide bonds. The highest BCUT2D eigenvalue weighted by Crippen LogP contribution is 1.99. The first-order valence-electron chi connectivity index (χ1n) is 6.18. The van der Waals surface area contributed by atoms with Crippen molar-refractivity contribution in [3.05, 3.63) is 0 Å². The summed E-state index contributed by atoms with van der Waals surface area (Å²) in [6, 6.07) is -0.0471. The molecule has 0 aliphatic rings. The van der Waals surface area contributed by atoms with Crippen molar-refractivity contribution in [2.45, 2.75) is 39.7 Å². The van der Waals surface area contributed by atoms with E-state index in [9.17, 15) is 4.79 Å². The van der Waals surface area contributed by atoms with Gasteiger partial charge >= 0.3 is 0 Å². The molecule has 0 aliphatic heterocycles. The second-order valence-electron chi connectivity index (χ2n) is 3.89. The number of hydrogen-bond donors (Lipinski definition) is 1. The van der Waals surface area contributed by atoms with Crippen LogP contribution in [0.4, 0.5) is 0 Å². The third-order valence-electron chi connectivity index (χ3n) is 2.67. The van der Waals surface area contributed by atoms with Gasteiger partial charge in [0.2, 0.25) is 5.91 Å². The summed E-state index contributed by atoms with van der Waals surface area (Å²) in [4.78, 5) is 13.8. The van der Waals surface area contributed by atoms with Crippen LogP contribution >= 0.6 is 11.8 Å². The largest absolute Gasteiger partial charge is 0.342 e. The van der Waals surface area contributed by atoms with E-state index in [0.29, 0.717) is 0 Å². The zero-order valence-electron chi connectivity index (χ0n) is 11.1. The lowest BCUT2D eigenvalue weighted by Gasteiger charge is -2.23. The number of carbonyl (C=O) groups is 1. The molecular formula is C12H26N2OS. The summed E-state index contributed by atoms with van der Waals surface area (Å²) < 4.78 is 0. The monoisotopic (exact) mass is 246 g/mol. The first-order valence-corrected chi connectivity index (χ1v) is 7.57. The Kier molecular flexibility index (Phi) is 9.83. The minimum Gasteiger partial charge on any atom is -0.342 e. The van der Waals surface area contributed by atoms with Crippen molar-refractivity contribution < 1.29 is 4.79 Å². The van der Waals surface area contributed by atoms with Gasteiger partial charge in [-0.2, -0.15) is 11.8 Å². The van der Waals surface area contributed by atoms with E-state index >= 15 is 0 Å². The Balaban J connectivity index is 3.70. The number of amides is 1. The van der Waals surface area contributed by atoms with E-state index in [1.807, 2.05) is 37.4 Å². The Morgan fingerprint density at radius 3 is 2.44 bits per heavy atom. The molecule has 1 N–H and O–H groups in total. The van der Waals surface area contributed by atoms with Gasteiger partial charge in [0, 0.05) is 13.1 Å². The predicted molar refractivity (Wildman–Crippen MR) is 73.0 cm³/mol. The van der Waals surface area contributed by atoms with Crippen molar-refractivity contribution in [2.24, 2.45) is 0 Å². The molecule has 0 aromatic rings. The smallest absolute Gasteiger partial charge is 0.239 e. The average molecular weight is 246 g/mol. The van der Waals surface area contributed by atoms with Crippen molar-refractivity contribution in [3.8, 4) is 0 Å². The van der Waals surface area contributed by atoms with E-state index in [1.165, 1.54) is 12.2 Å². The molecule has 0 radical (unpaired) electrons. The van der Waals surface area contributed by atoms with E-state index in [1.54, 1.807) is 0 Å². The molecule has 16 heavy (non-hydrogen) atoms. The topological polar surface area (TPSA) is 32.3 Å². The second kappa shape index (κ2) is 9.97. The van der Waals surface area contributed by atoms with Gasteiger partial charge in [0.05, 0.1) is 6.04 Å². The fourth-order valence-electron chi connectivity index (χ4n) is 1.59. The van der Waals surface area contributed by atoms with Gasteiger partial charge in [-0.15, -0.1) is 0 Å². The van der Waals surface area contributed by atoms with E-state index in [0.717, 1.165) is 26.1 Å². The van der Waals surface area contributed by atoms with Crippen LogP contribution in [0.3, 0.4) is 0 Å². The van der Waals surface area contributed by atoms with E-state index in [-0.39, 0.29) is 11.9 Å². The van der Waals surface area contributed by atoms with Gasteiger partial charge in [0.15, 0.2) is 0 Å². The minimum atomic E-state index is -0.0471. The van der Waals surface area contributed by atoms with Gasteiger partial charge in [-0.1, -0.05) is 0 Å². The van der Waals surface area contributed by atoms with Gasteiger partial charge in [-0.25, -0.2) is 0 Å². The van der Waals surface area contributed by atoms with Crippen molar-refractivity contribution >= 4 is 17.7 Å². The third kappa shape index (κ3) is 6.38. The normalized spacial score (nSPS) is 12.5. The fraction of sp³-hybridized carbons (Fsp3) is 0.917. The van der Waals surface area contributed by atoms with Crippen LogP contribution in [0.25, 0.3) is 0 Å². The van der Waals surface area contributed by atoms with Crippen molar-refractivity contribution in [2.75, 3.05) is 31.6 Å². The van der Waals surface area contributed by atoms with Gasteiger partial charge < -0.3 is 10.2 Å². The fourth-order valence-corrected chi connectivity index (χ4v) is 2.08. The maximum absolute atomic E-state index is 11.9. The lowest BCUT2D eigenvalue weighted by atomic mass is 10.2. The molecule has 3 nitrogen and oxygen atoms in total. The molecule has 1 atom stereocenters. The molecule has 0 bridgehead atoms. The van der Waals surface area contributed by atoms with Crippen LogP contribution in [0.1, 0.15) is 33.6 Å². The molecule has 4 heteroatoms. The molecule has 0 fully saturated rings. The zero-order valence-corrected chi connectivity index (χ0v) is 11.9. The maximum Gasteiger partial charge on any atom is 0.239 e. The lowest BCUT2D eigenvalue weighted by Crippen LogP contribution is -2.45. The summed E-state index contributed by atoms with van der Waals surface area (Å²) in [7, 11) is 0. The summed E-state index contributed by atoms with van der Waals surface area (Å²) in [5.74, 6) is 1.43. The quantitative estimate of drug-likeness (QED) is 0.631. The van der Waals surface area contributed by atoms with E-state index < -0.39 is 0 Å². The van der Waals surface area contributed by atoms with Crippen LogP contribution in [0.5, 0.6) is 0 Å². The number of hydrogen-bond acceptors (Lipinski definition) is 3. The Morgan fingerprint density at radius 1 is 1.31 bits per heavy atom. The van der Waals surface area contributed by atoms with Crippen molar-refractivity contribution in [1.29, 1.82) is 0 Å². The van der Waals surface area contributed by atoms with E-state index in [4.69, 9.17) is 0 Å². The van der Waals surface area contributed by atoms with Gasteiger partial charge in [-0.3, -0.25) is 4.79 Å². The molecular weight excluding hydrogens is 220 g/mol. The first kappa shape index (κ1) is 15.8. The third-order valence-corrected chi connectivity index (χ3v) is 3.37. The molecule has 0 heterocycles. The zero-order chi connectivity index (χ0) is 12.4. The number of thioether (sulfide) groups is 1. The summed E-state index contributed by atoms with van der Waals surface area (Å²) in [6.45, 7) is 8.53. The summed E-state index contributed by atoms with van der Waals surface area (Å²) in [6.07, 6.45) is 4.50. The molecule has 0 saturated heterocycles. The van der Waals surface area contributed by atoms with Gasteiger partial charge in [-0.05, 0) is 52.2 Å². The average Bonchev–Trinajstić information content (AvgIpc) is 2.30. The molecule has 0 rings (SSSR count). The highest BCUT2D eigenvalue weighted by Gasteiger charge is 2.16. The molecule has 96 valence electrons. The molecule has 0 aromatic carbocycles. The SMILES string of the molecule is CCN(CC)C(=O)C(C)NCCCCSC. The molecule has 0 aromatic heterocycles. The van der Waals surface area contributed by atoms with Crippen molar-refractivity contribution in [3.63, 3.8) is 0 Å². The van der Waals surface area contributed by atoms with Crippen LogP contribution in [0.15, 0.2) is 0 Å².